The number of carbonyl (C=O) groups is 4. The fourth-order valence-electron chi connectivity index (χ4n) is 5.16. The Morgan fingerprint density at radius 2 is 1.62 bits per heavy atom. The Balaban J connectivity index is 1.41. The third-order valence-corrected chi connectivity index (χ3v) is 7.09. The number of ether oxygens (including phenoxy) is 2. The first-order chi connectivity index (χ1) is 19.1. The van der Waals surface area contributed by atoms with Crippen LogP contribution in [0.5, 0.6) is 5.75 Å². The molecule has 2 aliphatic rings. The number of ketones is 1. The second-order valence-electron chi connectivity index (χ2n) is 9.64. The van der Waals surface area contributed by atoms with Crippen molar-refractivity contribution in [1.82, 2.24) is 10.2 Å². The van der Waals surface area contributed by atoms with E-state index in [9.17, 15) is 41.8 Å². The van der Waals surface area contributed by atoms with E-state index >= 15 is 0 Å². The van der Waals surface area contributed by atoms with E-state index in [4.69, 9.17) is 4.74 Å². The average Bonchev–Trinajstić information content (AvgIpc) is 3.22. The standard InChI is InChI=1S/C27H26F4N2O7/c28-17-10-18(29)24(31)25(23(17)30)39-13-21(34)19(11-22(35)36)32-26(37)16-8-6-15-7-9-20(16)33(15)27(38)40-12-14-4-2-1-3-5-14/h1-5,10,15-16,19-20H,6-9,11-13H2,(H,32,37)(H,35,36)/t15?,16?,19-,20?/m0/s1. The van der Waals surface area contributed by atoms with Crippen molar-refractivity contribution in [2.75, 3.05) is 6.61 Å². The lowest BCUT2D eigenvalue weighted by atomic mass is 9.89. The van der Waals surface area contributed by atoms with Gasteiger partial charge in [-0.3, -0.25) is 14.4 Å². The molecule has 3 unspecified atom stereocenters. The minimum Gasteiger partial charge on any atom is -0.481 e. The van der Waals surface area contributed by atoms with Gasteiger partial charge in [0.05, 0.1) is 12.3 Å². The second-order valence-corrected chi connectivity index (χ2v) is 9.64. The van der Waals surface area contributed by atoms with Gasteiger partial charge in [0.15, 0.2) is 23.2 Å². The molecule has 2 saturated heterocycles. The lowest BCUT2D eigenvalue weighted by molar-refractivity contribution is -0.141. The molecule has 2 aromatic rings. The van der Waals surface area contributed by atoms with Gasteiger partial charge in [-0.1, -0.05) is 30.3 Å². The molecule has 2 bridgehead atoms. The maximum Gasteiger partial charge on any atom is 0.410 e. The van der Waals surface area contributed by atoms with Gasteiger partial charge in [-0.2, -0.15) is 8.78 Å². The minimum atomic E-state index is -1.87. The number of amides is 2. The highest BCUT2D eigenvalue weighted by Gasteiger charge is 2.48. The summed E-state index contributed by atoms with van der Waals surface area (Å²) in [6.07, 6.45) is 0.507. The highest BCUT2D eigenvalue weighted by atomic mass is 19.2. The molecule has 13 heteroatoms. The van der Waals surface area contributed by atoms with Crippen molar-refractivity contribution >= 4 is 23.8 Å². The number of hydrogen-bond donors (Lipinski definition) is 2. The van der Waals surface area contributed by atoms with Crippen molar-refractivity contribution in [2.24, 2.45) is 5.92 Å². The van der Waals surface area contributed by atoms with E-state index in [-0.39, 0.29) is 18.7 Å². The van der Waals surface area contributed by atoms with E-state index in [1.165, 1.54) is 4.90 Å². The summed E-state index contributed by atoms with van der Waals surface area (Å²) < 4.78 is 64.7. The van der Waals surface area contributed by atoms with Gasteiger partial charge < -0.3 is 24.8 Å². The summed E-state index contributed by atoms with van der Waals surface area (Å²) in [5, 5.41) is 11.6. The molecule has 4 rings (SSSR count). The van der Waals surface area contributed by atoms with Crippen molar-refractivity contribution in [1.29, 1.82) is 0 Å². The predicted octanol–water partition coefficient (Wildman–Crippen LogP) is 3.73. The molecule has 0 saturated carbocycles. The predicted molar refractivity (Wildman–Crippen MR) is 129 cm³/mol. The Hall–Kier alpha value is -4.16. The molecule has 2 fully saturated rings. The quantitative estimate of drug-likeness (QED) is 0.332. The van der Waals surface area contributed by atoms with E-state index in [2.05, 4.69) is 10.1 Å². The number of nitrogens with one attached hydrogen (secondary N) is 1. The van der Waals surface area contributed by atoms with Crippen LogP contribution < -0.4 is 10.1 Å². The van der Waals surface area contributed by atoms with E-state index in [0.29, 0.717) is 25.7 Å². The number of carboxylic acid groups (broad SMARTS) is 1. The maximum atomic E-state index is 13.9. The zero-order valence-electron chi connectivity index (χ0n) is 21.1. The second kappa shape index (κ2) is 12.3. The molecule has 2 aliphatic heterocycles. The number of hydrogen-bond acceptors (Lipinski definition) is 6. The summed E-state index contributed by atoms with van der Waals surface area (Å²) in [6, 6.07) is 6.64. The Morgan fingerprint density at radius 3 is 2.27 bits per heavy atom. The lowest BCUT2D eigenvalue weighted by Crippen LogP contribution is -2.55. The first-order valence-electron chi connectivity index (χ1n) is 12.6. The summed E-state index contributed by atoms with van der Waals surface area (Å²) in [6.45, 7) is -1.14. The SMILES string of the molecule is O=C(O)C[C@H](NC(=O)C1CCC2CCC1N2C(=O)OCc1ccccc1)C(=O)COc1c(F)c(F)cc(F)c1F. The molecule has 40 heavy (non-hydrogen) atoms. The summed E-state index contributed by atoms with van der Waals surface area (Å²) in [7, 11) is 0. The number of fused-ring (bicyclic) bond motifs is 2. The summed E-state index contributed by atoms with van der Waals surface area (Å²) >= 11 is 0. The Labute approximate surface area is 226 Å². The molecule has 2 heterocycles. The number of rotatable bonds is 10. The van der Waals surface area contributed by atoms with Gasteiger partial charge in [0.25, 0.3) is 0 Å². The molecule has 2 aromatic carbocycles. The average molecular weight is 567 g/mol. The van der Waals surface area contributed by atoms with Crippen LogP contribution in [-0.2, 0) is 25.7 Å². The number of Topliss-reactive ketones (excluding diaryl/α,β-unsaturated/α-hetero) is 1. The third kappa shape index (κ3) is 6.35. The number of aliphatic carboxylic acids is 1. The van der Waals surface area contributed by atoms with Crippen LogP contribution in [0.4, 0.5) is 22.4 Å². The smallest absolute Gasteiger partial charge is 0.410 e. The molecule has 0 radical (unpaired) electrons. The van der Waals surface area contributed by atoms with Gasteiger partial charge in [-0.25, -0.2) is 13.6 Å². The first kappa shape index (κ1) is 28.8. The molecular weight excluding hydrogens is 540 g/mol. The largest absolute Gasteiger partial charge is 0.481 e. The van der Waals surface area contributed by atoms with Gasteiger partial charge in [-0.05, 0) is 31.2 Å². The van der Waals surface area contributed by atoms with Crippen molar-refractivity contribution in [3.05, 3.63) is 65.2 Å². The van der Waals surface area contributed by atoms with Crippen LogP contribution in [0, 0.1) is 29.2 Å². The number of nitrogens with zero attached hydrogens (tertiary/aromatic N) is 1. The highest BCUT2D eigenvalue weighted by Crippen LogP contribution is 2.40. The highest BCUT2D eigenvalue weighted by molar-refractivity contribution is 5.93. The molecule has 4 atom stereocenters. The van der Waals surface area contributed by atoms with Gasteiger partial charge in [0.1, 0.15) is 19.3 Å². The van der Waals surface area contributed by atoms with Gasteiger partial charge in [0, 0.05) is 18.2 Å². The van der Waals surface area contributed by atoms with E-state index in [1.807, 2.05) is 6.07 Å². The van der Waals surface area contributed by atoms with Crippen LogP contribution in [0.3, 0.4) is 0 Å². The minimum absolute atomic E-state index is 0.0364. The van der Waals surface area contributed by atoms with Crippen molar-refractivity contribution in [3.8, 4) is 5.75 Å². The molecule has 9 nitrogen and oxygen atoms in total. The molecule has 0 aliphatic carbocycles. The number of carboxylic acids is 1. The number of carbonyl (C=O) groups excluding carboxylic acids is 3. The van der Waals surface area contributed by atoms with Crippen molar-refractivity contribution in [3.63, 3.8) is 0 Å². The summed E-state index contributed by atoms with van der Waals surface area (Å²) in [5.41, 5.74) is 0.785. The van der Waals surface area contributed by atoms with Crippen molar-refractivity contribution in [2.45, 2.75) is 56.8 Å². The zero-order valence-corrected chi connectivity index (χ0v) is 21.1. The Kier molecular flexibility index (Phi) is 8.90. The van der Waals surface area contributed by atoms with Crippen LogP contribution >= 0.6 is 0 Å². The van der Waals surface area contributed by atoms with E-state index < -0.39 is 83.8 Å². The molecule has 2 amide bonds. The van der Waals surface area contributed by atoms with E-state index in [0.717, 1.165) is 5.56 Å². The van der Waals surface area contributed by atoms with Crippen molar-refractivity contribution < 1.29 is 51.3 Å². The molecule has 0 spiro atoms. The zero-order chi connectivity index (χ0) is 29.0. The summed E-state index contributed by atoms with van der Waals surface area (Å²) in [5.74, 6) is -12.8. The van der Waals surface area contributed by atoms with Crippen LogP contribution in [0.2, 0.25) is 0 Å². The first-order valence-corrected chi connectivity index (χ1v) is 12.6. The fraction of sp³-hybridized carbons (Fsp3) is 0.407. The van der Waals surface area contributed by atoms with Crippen LogP contribution in [0.15, 0.2) is 36.4 Å². The van der Waals surface area contributed by atoms with Crippen LogP contribution in [0.1, 0.15) is 37.7 Å². The topological polar surface area (TPSA) is 122 Å². The summed E-state index contributed by atoms with van der Waals surface area (Å²) in [4.78, 5) is 51.7. The molecular formula is C27H26F4N2O7. The Bertz CT molecular complexity index is 1270. The normalized spacial score (nSPS) is 20.5. The fourth-order valence-corrected chi connectivity index (χ4v) is 5.16. The lowest BCUT2D eigenvalue weighted by Gasteiger charge is -2.38. The molecule has 2 N–H and O–H groups in total. The molecule has 0 aromatic heterocycles. The number of halogens is 4. The monoisotopic (exact) mass is 566 g/mol. The van der Waals surface area contributed by atoms with Crippen LogP contribution in [0.25, 0.3) is 0 Å². The third-order valence-electron chi connectivity index (χ3n) is 7.09. The van der Waals surface area contributed by atoms with Gasteiger partial charge in [-0.15, -0.1) is 0 Å². The maximum absolute atomic E-state index is 13.9. The van der Waals surface area contributed by atoms with Gasteiger partial charge >= 0.3 is 12.1 Å². The van der Waals surface area contributed by atoms with Crippen LogP contribution in [-0.4, -0.2) is 58.5 Å². The number of benzene rings is 2. The molecule has 214 valence electrons. The van der Waals surface area contributed by atoms with Gasteiger partial charge in [0.2, 0.25) is 17.5 Å². The Morgan fingerprint density at radius 1 is 0.975 bits per heavy atom. The number of piperidine rings is 1. The van der Waals surface area contributed by atoms with E-state index in [1.54, 1.807) is 24.3 Å².